The summed E-state index contributed by atoms with van der Waals surface area (Å²) in [6.45, 7) is 5.61. The number of hydrogen-bond acceptors (Lipinski definition) is 7. The van der Waals surface area contributed by atoms with E-state index in [-0.39, 0.29) is 24.7 Å². The molecule has 0 spiro atoms. The van der Waals surface area contributed by atoms with Gasteiger partial charge in [-0.2, -0.15) is 5.26 Å². The summed E-state index contributed by atoms with van der Waals surface area (Å²) in [5.41, 5.74) is 7.51. The minimum Gasteiger partial charge on any atom is -0.465 e. The third-order valence-electron chi connectivity index (χ3n) is 4.25. The number of rotatable bonds is 7. The standard InChI is InChI=1S/C20H24N2O5/c1-4-7-12-8-9-15-13(10-12)16(14(11-21)19(23)25-5-2)17(18(22)27-15)20(24)26-6-3/h8-10,14,16H,4-7,22H2,1-3H3. The van der Waals surface area contributed by atoms with Crippen molar-refractivity contribution in [1.82, 2.24) is 0 Å². The van der Waals surface area contributed by atoms with Crippen molar-refractivity contribution in [3.05, 3.63) is 40.8 Å². The molecule has 0 radical (unpaired) electrons. The van der Waals surface area contributed by atoms with E-state index in [4.69, 9.17) is 19.9 Å². The van der Waals surface area contributed by atoms with Gasteiger partial charge in [-0.25, -0.2) is 4.79 Å². The van der Waals surface area contributed by atoms with Crippen molar-refractivity contribution in [2.24, 2.45) is 11.7 Å². The summed E-state index contributed by atoms with van der Waals surface area (Å²) in [5.74, 6) is -3.35. The number of nitrogens with zero attached hydrogens (tertiary/aromatic N) is 1. The molecule has 0 bridgehead atoms. The largest absolute Gasteiger partial charge is 0.465 e. The third-order valence-corrected chi connectivity index (χ3v) is 4.25. The second-order valence-corrected chi connectivity index (χ2v) is 6.06. The molecule has 1 aliphatic rings. The maximum atomic E-state index is 12.5. The summed E-state index contributed by atoms with van der Waals surface area (Å²) in [6.07, 6.45) is 1.73. The van der Waals surface area contributed by atoms with Gasteiger partial charge in [-0.05, 0) is 31.9 Å². The molecular weight excluding hydrogens is 348 g/mol. The number of aryl methyl sites for hydroxylation is 1. The average molecular weight is 372 g/mol. The third kappa shape index (κ3) is 4.22. The lowest BCUT2D eigenvalue weighted by atomic mass is 9.78. The highest BCUT2D eigenvalue weighted by molar-refractivity contribution is 5.93. The summed E-state index contributed by atoms with van der Waals surface area (Å²) in [6, 6.07) is 7.45. The monoisotopic (exact) mass is 372 g/mol. The van der Waals surface area contributed by atoms with Gasteiger partial charge in [0.25, 0.3) is 0 Å². The molecule has 0 saturated carbocycles. The SMILES string of the molecule is CCCc1ccc2c(c1)C(C(C#N)C(=O)OCC)C(C(=O)OCC)=C(N)O2. The molecule has 0 amide bonds. The minimum absolute atomic E-state index is 0.0300. The van der Waals surface area contributed by atoms with Gasteiger partial charge in [0.2, 0.25) is 5.88 Å². The number of nitrogens with two attached hydrogens (primary N) is 1. The van der Waals surface area contributed by atoms with Gasteiger partial charge in [-0.15, -0.1) is 0 Å². The zero-order chi connectivity index (χ0) is 20.0. The topological polar surface area (TPSA) is 112 Å². The van der Waals surface area contributed by atoms with E-state index < -0.39 is 23.8 Å². The van der Waals surface area contributed by atoms with E-state index in [2.05, 4.69) is 0 Å². The Morgan fingerprint density at radius 2 is 1.96 bits per heavy atom. The summed E-state index contributed by atoms with van der Waals surface area (Å²) in [7, 11) is 0. The van der Waals surface area contributed by atoms with Gasteiger partial charge in [0.1, 0.15) is 11.3 Å². The van der Waals surface area contributed by atoms with Crippen LogP contribution in [0.5, 0.6) is 5.75 Å². The Labute approximate surface area is 158 Å². The molecule has 7 heteroatoms. The first kappa shape index (κ1) is 20.3. The van der Waals surface area contributed by atoms with Crippen molar-refractivity contribution in [3.63, 3.8) is 0 Å². The van der Waals surface area contributed by atoms with Crippen LogP contribution in [0.15, 0.2) is 29.7 Å². The van der Waals surface area contributed by atoms with E-state index in [1.807, 2.05) is 25.1 Å². The Balaban J connectivity index is 2.63. The van der Waals surface area contributed by atoms with Crippen LogP contribution in [-0.4, -0.2) is 25.2 Å². The lowest BCUT2D eigenvalue weighted by Gasteiger charge is -2.30. The molecule has 144 valence electrons. The van der Waals surface area contributed by atoms with Crippen LogP contribution in [0.3, 0.4) is 0 Å². The first-order valence-corrected chi connectivity index (χ1v) is 9.02. The molecule has 0 aliphatic carbocycles. The molecular formula is C20H24N2O5. The van der Waals surface area contributed by atoms with Crippen molar-refractivity contribution in [2.45, 2.75) is 39.5 Å². The van der Waals surface area contributed by atoms with Crippen LogP contribution in [0.4, 0.5) is 0 Å². The van der Waals surface area contributed by atoms with E-state index in [0.717, 1.165) is 18.4 Å². The Bertz CT molecular complexity index is 794. The zero-order valence-electron chi connectivity index (χ0n) is 15.8. The normalized spacial score (nSPS) is 16.6. The van der Waals surface area contributed by atoms with Crippen molar-refractivity contribution in [3.8, 4) is 11.8 Å². The van der Waals surface area contributed by atoms with Crippen molar-refractivity contribution in [1.29, 1.82) is 5.26 Å². The molecule has 1 aliphatic heterocycles. The number of carbonyl (C=O) groups is 2. The van der Waals surface area contributed by atoms with Crippen LogP contribution in [-0.2, 0) is 25.5 Å². The molecule has 2 N–H and O–H groups in total. The highest BCUT2D eigenvalue weighted by Crippen LogP contribution is 2.43. The van der Waals surface area contributed by atoms with Crippen LogP contribution >= 0.6 is 0 Å². The fraction of sp³-hybridized carbons (Fsp3) is 0.450. The number of hydrogen-bond donors (Lipinski definition) is 1. The Hall–Kier alpha value is -3.01. The quantitative estimate of drug-likeness (QED) is 0.732. The highest BCUT2D eigenvalue weighted by atomic mass is 16.5. The van der Waals surface area contributed by atoms with Gasteiger partial charge in [0, 0.05) is 5.56 Å². The van der Waals surface area contributed by atoms with Crippen molar-refractivity contribution in [2.75, 3.05) is 13.2 Å². The second kappa shape index (κ2) is 9.08. The summed E-state index contributed by atoms with van der Waals surface area (Å²) in [4.78, 5) is 25.0. The first-order valence-electron chi connectivity index (χ1n) is 9.02. The van der Waals surface area contributed by atoms with Crippen molar-refractivity contribution >= 4 is 11.9 Å². The molecule has 1 aromatic carbocycles. The van der Waals surface area contributed by atoms with Gasteiger partial charge < -0.3 is 19.9 Å². The molecule has 1 aromatic rings. The smallest absolute Gasteiger partial charge is 0.340 e. The lowest BCUT2D eigenvalue weighted by molar-refractivity contribution is -0.146. The molecule has 0 aromatic heterocycles. The van der Waals surface area contributed by atoms with E-state index >= 15 is 0 Å². The van der Waals surface area contributed by atoms with Gasteiger partial charge in [0.05, 0.1) is 25.2 Å². The first-order chi connectivity index (χ1) is 13.0. The highest BCUT2D eigenvalue weighted by Gasteiger charge is 2.43. The van der Waals surface area contributed by atoms with Gasteiger partial charge in [-0.3, -0.25) is 4.79 Å². The number of nitriles is 1. The maximum absolute atomic E-state index is 12.5. The van der Waals surface area contributed by atoms with Crippen LogP contribution in [0, 0.1) is 17.2 Å². The Morgan fingerprint density at radius 3 is 2.56 bits per heavy atom. The second-order valence-electron chi connectivity index (χ2n) is 6.06. The number of benzene rings is 1. The zero-order valence-corrected chi connectivity index (χ0v) is 15.8. The van der Waals surface area contributed by atoms with Crippen LogP contribution in [0.1, 0.15) is 44.2 Å². The molecule has 0 fully saturated rings. The van der Waals surface area contributed by atoms with Crippen LogP contribution in [0.25, 0.3) is 0 Å². The van der Waals surface area contributed by atoms with Gasteiger partial charge >= 0.3 is 11.9 Å². The molecule has 27 heavy (non-hydrogen) atoms. The molecule has 2 atom stereocenters. The van der Waals surface area contributed by atoms with E-state index in [1.54, 1.807) is 19.9 Å². The average Bonchev–Trinajstić information content (AvgIpc) is 2.63. The summed E-state index contributed by atoms with van der Waals surface area (Å²) >= 11 is 0. The Kier molecular flexibility index (Phi) is 6.83. The molecule has 0 saturated heterocycles. The summed E-state index contributed by atoms with van der Waals surface area (Å²) in [5, 5.41) is 9.68. The maximum Gasteiger partial charge on any atom is 0.340 e. The number of esters is 2. The number of carbonyl (C=O) groups excluding carboxylic acids is 2. The van der Waals surface area contributed by atoms with Gasteiger partial charge in [-0.1, -0.05) is 25.5 Å². The molecule has 2 rings (SSSR count). The minimum atomic E-state index is -1.25. The Morgan fingerprint density at radius 1 is 1.26 bits per heavy atom. The molecule has 2 unspecified atom stereocenters. The van der Waals surface area contributed by atoms with E-state index in [0.29, 0.717) is 11.3 Å². The predicted octanol–water partition coefficient (Wildman–Crippen LogP) is 2.55. The molecule has 7 nitrogen and oxygen atoms in total. The fourth-order valence-corrected chi connectivity index (χ4v) is 3.14. The van der Waals surface area contributed by atoms with Crippen LogP contribution < -0.4 is 10.5 Å². The lowest BCUT2D eigenvalue weighted by Crippen LogP contribution is -2.34. The van der Waals surface area contributed by atoms with E-state index in [9.17, 15) is 14.9 Å². The summed E-state index contributed by atoms with van der Waals surface area (Å²) < 4.78 is 15.7. The van der Waals surface area contributed by atoms with E-state index in [1.165, 1.54) is 0 Å². The number of fused-ring (bicyclic) bond motifs is 1. The van der Waals surface area contributed by atoms with Crippen LogP contribution in [0.2, 0.25) is 0 Å². The fourth-order valence-electron chi connectivity index (χ4n) is 3.14. The number of ether oxygens (including phenoxy) is 3. The van der Waals surface area contributed by atoms with Crippen molar-refractivity contribution < 1.29 is 23.8 Å². The predicted molar refractivity (Wildman–Crippen MR) is 97.4 cm³/mol. The van der Waals surface area contributed by atoms with Gasteiger partial charge in [0.15, 0.2) is 5.92 Å². The molecule has 1 heterocycles.